The van der Waals surface area contributed by atoms with E-state index in [9.17, 15) is 4.79 Å². The predicted octanol–water partition coefficient (Wildman–Crippen LogP) is 1.57. The summed E-state index contributed by atoms with van der Waals surface area (Å²) in [5.41, 5.74) is 2.70. The number of ether oxygens (including phenoxy) is 1. The fourth-order valence-electron chi connectivity index (χ4n) is 2.29. The first-order chi connectivity index (χ1) is 11.7. The van der Waals surface area contributed by atoms with Crippen LogP contribution >= 0.6 is 23.1 Å². The summed E-state index contributed by atoms with van der Waals surface area (Å²) in [6.07, 6.45) is 1.78. The quantitative estimate of drug-likeness (QED) is 0.778. The van der Waals surface area contributed by atoms with Crippen molar-refractivity contribution in [2.45, 2.75) is 23.1 Å². The molecule has 1 saturated heterocycles. The molecule has 0 aliphatic carbocycles. The third-order valence-electron chi connectivity index (χ3n) is 3.60. The number of nitrogens with zero attached hydrogens (tertiary/aromatic N) is 4. The van der Waals surface area contributed by atoms with Gasteiger partial charge in [-0.1, -0.05) is 23.1 Å². The maximum atomic E-state index is 12.2. The Morgan fingerprint density at radius 1 is 1.50 bits per heavy atom. The van der Waals surface area contributed by atoms with Gasteiger partial charge in [-0.3, -0.25) is 4.79 Å². The molecule has 1 aliphatic heterocycles. The Hall–Kier alpha value is -1.71. The minimum Gasteiger partial charge on any atom is -0.378 e. The lowest BCUT2D eigenvalue weighted by molar-refractivity contribution is -0.120. The second-order valence-corrected chi connectivity index (χ2v) is 7.73. The minimum absolute atomic E-state index is 0.0139. The van der Waals surface area contributed by atoms with E-state index < -0.39 is 0 Å². The first-order valence-corrected chi connectivity index (χ1v) is 9.46. The molecule has 128 valence electrons. The molecule has 3 heterocycles. The number of carbonyl (C=O) groups is 1. The van der Waals surface area contributed by atoms with Crippen molar-refractivity contribution < 1.29 is 9.53 Å². The van der Waals surface area contributed by atoms with Crippen LogP contribution in [-0.2, 0) is 16.1 Å². The molecular weight excluding hydrogens is 346 g/mol. The molecular formula is C15H19N5O2S2. The van der Waals surface area contributed by atoms with E-state index in [4.69, 9.17) is 4.74 Å². The zero-order chi connectivity index (χ0) is 16.8. The smallest absolute Gasteiger partial charge is 0.233 e. The second-order valence-electron chi connectivity index (χ2n) is 5.30. The fraction of sp³-hybridized carbons (Fsp3) is 0.467. The molecule has 1 N–H and O–H groups in total. The van der Waals surface area contributed by atoms with Gasteiger partial charge in [0, 0.05) is 25.8 Å². The van der Waals surface area contributed by atoms with Gasteiger partial charge in [0.2, 0.25) is 5.91 Å². The molecule has 1 atom stereocenters. The van der Waals surface area contributed by atoms with E-state index in [1.807, 2.05) is 19.1 Å². The van der Waals surface area contributed by atoms with Crippen molar-refractivity contribution in [2.75, 3.05) is 31.2 Å². The Morgan fingerprint density at radius 2 is 2.33 bits per heavy atom. The lowest BCUT2D eigenvalue weighted by Gasteiger charge is -2.28. The van der Waals surface area contributed by atoms with Crippen LogP contribution in [0.15, 0.2) is 28.2 Å². The number of amides is 1. The number of anilines is 1. The Morgan fingerprint density at radius 3 is 3.08 bits per heavy atom. The zero-order valence-corrected chi connectivity index (χ0v) is 15.0. The number of nitrogens with one attached hydrogen (secondary N) is 1. The molecule has 0 unspecified atom stereocenters. The molecule has 9 heteroatoms. The number of pyridine rings is 1. The Labute approximate surface area is 148 Å². The summed E-state index contributed by atoms with van der Waals surface area (Å²) in [5, 5.41) is 10.5. The standard InChI is InChI=1S/C15H19N5O2S2/c1-11(24-15-19-18-10-23-15)14(21)17-9-12-2-3-16-13(8-12)20-4-6-22-7-5-20/h2-3,8,10-11H,4-7,9H2,1H3,(H,17,21)/t11-/m1/s1. The van der Waals surface area contributed by atoms with Crippen molar-refractivity contribution in [3.05, 3.63) is 29.4 Å². The number of morpholine rings is 1. The van der Waals surface area contributed by atoms with Crippen LogP contribution < -0.4 is 10.2 Å². The molecule has 3 rings (SSSR count). The van der Waals surface area contributed by atoms with Gasteiger partial charge in [-0.25, -0.2) is 4.98 Å². The topological polar surface area (TPSA) is 80.2 Å². The highest BCUT2D eigenvalue weighted by atomic mass is 32.2. The molecule has 0 spiro atoms. The Bertz CT molecular complexity index is 662. The summed E-state index contributed by atoms with van der Waals surface area (Å²) in [6.45, 7) is 5.50. The van der Waals surface area contributed by atoms with E-state index >= 15 is 0 Å². The number of rotatable bonds is 6. The van der Waals surface area contributed by atoms with Crippen molar-refractivity contribution in [1.29, 1.82) is 0 Å². The monoisotopic (exact) mass is 365 g/mol. The largest absolute Gasteiger partial charge is 0.378 e. The number of carbonyl (C=O) groups excluding carboxylic acids is 1. The summed E-state index contributed by atoms with van der Waals surface area (Å²) in [4.78, 5) is 18.8. The molecule has 2 aromatic rings. The third kappa shape index (κ3) is 4.65. The van der Waals surface area contributed by atoms with E-state index in [-0.39, 0.29) is 11.2 Å². The van der Waals surface area contributed by atoms with E-state index in [0.717, 1.165) is 42.0 Å². The third-order valence-corrected chi connectivity index (χ3v) is 5.51. The fourth-order valence-corrected chi connectivity index (χ4v) is 3.94. The van der Waals surface area contributed by atoms with Gasteiger partial charge < -0.3 is 15.0 Å². The highest BCUT2D eigenvalue weighted by Gasteiger charge is 2.16. The molecule has 0 aromatic carbocycles. The molecule has 0 radical (unpaired) electrons. The van der Waals surface area contributed by atoms with Crippen molar-refractivity contribution in [2.24, 2.45) is 0 Å². The van der Waals surface area contributed by atoms with Crippen LogP contribution in [0.2, 0.25) is 0 Å². The molecule has 0 bridgehead atoms. The van der Waals surface area contributed by atoms with Crippen LogP contribution in [0.3, 0.4) is 0 Å². The maximum absolute atomic E-state index is 12.2. The molecule has 1 aliphatic rings. The lowest BCUT2D eigenvalue weighted by Crippen LogP contribution is -2.36. The molecule has 1 amide bonds. The molecule has 24 heavy (non-hydrogen) atoms. The molecule has 0 saturated carbocycles. The summed E-state index contributed by atoms with van der Waals surface area (Å²) < 4.78 is 6.16. The summed E-state index contributed by atoms with van der Waals surface area (Å²) >= 11 is 2.86. The van der Waals surface area contributed by atoms with E-state index in [0.29, 0.717) is 6.54 Å². The first-order valence-electron chi connectivity index (χ1n) is 7.70. The van der Waals surface area contributed by atoms with Crippen molar-refractivity contribution in [1.82, 2.24) is 20.5 Å². The van der Waals surface area contributed by atoms with Gasteiger partial charge in [0.15, 0.2) is 4.34 Å². The summed E-state index contributed by atoms with van der Waals surface area (Å²) in [7, 11) is 0. The zero-order valence-electron chi connectivity index (χ0n) is 13.3. The highest BCUT2D eigenvalue weighted by molar-refractivity contribution is 8.02. The van der Waals surface area contributed by atoms with Gasteiger partial charge in [-0.05, 0) is 24.6 Å². The second kappa shape index (κ2) is 8.41. The van der Waals surface area contributed by atoms with Gasteiger partial charge in [0.25, 0.3) is 0 Å². The predicted molar refractivity (Wildman–Crippen MR) is 94.3 cm³/mol. The van der Waals surface area contributed by atoms with E-state index in [1.54, 1.807) is 11.7 Å². The van der Waals surface area contributed by atoms with Crippen LogP contribution in [0, 0.1) is 0 Å². The maximum Gasteiger partial charge on any atom is 0.233 e. The van der Waals surface area contributed by atoms with Crippen molar-refractivity contribution >= 4 is 34.8 Å². The molecule has 7 nitrogen and oxygen atoms in total. The number of hydrogen-bond acceptors (Lipinski definition) is 8. The van der Waals surface area contributed by atoms with Crippen LogP contribution in [0.5, 0.6) is 0 Å². The molecule has 1 fully saturated rings. The average Bonchev–Trinajstić information content (AvgIpc) is 3.13. The van der Waals surface area contributed by atoms with Crippen LogP contribution in [0.1, 0.15) is 12.5 Å². The lowest BCUT2D eigenvalue weighted by atomic mass is 10.2. The normalized spacial score (nSPS) is 16.0. The van der Waals surface area contributed by atoms with Crippen LogP contribution in [0.4, 0.5) is 5.82 Å². The highest BCUT2D eigenvalue weighted by Crippen LogP contribution is 2.24. The van der Waals surface area contributed by atoms with Gasteiger partial charge >= 0.3 is 0 Å². The van der Waals surface area contributed by atoms with Crippen LogP contribution in [0.25, 0.3) is 0 Å². The Kier molecular flexibility index (Phi) is 6.00. The molecule has 2 aromatic heterocycles. The first kappa shape index (κ1) is 17.1. The van der Waals surface area contributed by atoms with Gasteiger partial charge in [0.05, 0.1) is 18.5 Å². The van der Waals surface area contributed by atoms with Gasteiger partial charge in [0.1, 0.15) is 11.3 Å². The van der Waals surface area contributed by atoms with Crippen LogP contribution in [-0.4, -0.2) is 52.6 Å². The van der Waals surface area contributed by atoms with E-state index in [2.05, 4.69) is 25.4 Å². The number of aromatic nitrogens is 3. The minimum atomic E-state index is -0.210. The number of thioether (sulfide) groups is 1. The van der Waals surface area contributed by atoms with Gasteiger partial charge in [-0.15, -0.1) is 10.2 Å². The van der Waals surface area contributed by atoms with Crippen molar-refractivity contribution in [3.63, 3.8) is 0 Å². The van der Waals surface area contributed by atoms with Crippen molar-refractivity contribution in [3.8, 4) is 0 Å². The summed E-state index contributed by atoms with van der Waals surface area (Å²) in [5.74, 6) is 0.918. The van der Waals surface area contributed by atoms with Gasteiger partial charge in [-0.2, -0.15) is 0 Å². The SMILES string of the molecule is C[C@@H](Sc1nncs1)C(=O)NCc1ccnc(N2CCOCC2)c1. The average molecular weight is 365 g/mol. The van der Waals surface area contributed by atoms with E-state index in [1.165, 1.54) is 23.1 Å². The Balaban J connectivity index is 1.53. The summed E-state index contributed by atoms with van der Waals surface area (Å²) in [6, 6.07) is 3.95. The number of hydrogen-bond donors (Lipinski definition) is 1.